The Kier molecular flexibility index (Phi) is 16.7. The smallest absolute Gasteiger partial charge is 0.348 e. The predicted octanol–water partition coefficient (Wildman–Crippen LogP) is -0.108. The Morgan fingerprint density at radius 2 is 1.10 bits per heavy atom. The van der Waals surface area contributed by atoms with E-state index in [4.69, 9.17) is 18.9 Å². The largest absolute Gasteiger partial charge is 0.463 e. The molecule has 264 valence electrons. The van der Waals surface area contributed by atoms with Crippen molar-refractivity contribution >= 4 is 53.7 Å². The van der Waals surface area contributed by atoms with Gasteiger partial charge in [0.2, 0.25) is 18.3 Å². The first-order chi connectivity index (χ1) is 22.5. The summed E-state index contributed by atoms with van der Waals surface area (Å²) in [6, 6.07) is 0. The van der Waals surface area contributed by atoms with Gasteiger partial charge in [-0.25, -0.2) is 43.2 Å². The Morgan fingerprint density at radius 1 is 0.708 bits per heavy atom. The van der Waals surface area contributed by atoms with Crippen LogP contribution >= 0.6 is 0 Å². The Hall–Kier alpha value is -5.55. The first-order valence-electron chi connectivity index (χ1n) is 14.0. The van der Waals surface area contributed by atoms with Crippen LogP contribution in [0.4, 0.5) is 0 Å². The number of carbonyl (C=O) groups is 9. The molecule has 0 amide bonds. The van der Waals surface area contributed by atoms with Crippen LogP contribution in [0, 0.1) is 0 Å². The van der Waals surface area contributed by atoms with Gasteiger partial charge in [-0.05, 0) is 20.8 Å². The van der Waals surface area contributed by atoms with Gasteiger partial charge in [0.25, 0.3) is 0 Å². The summed E-state index contributed by atoms with van der Waals surface area (Å²) in [6.07, 6.45) is 0.124. The monoisotopic (exact) mass is 684 g/mol. The van der Waals surface area contributed by atoms with Crippen molar-refractivity contribution in [3.05, 3.63) is 37.5 Å². The number of esters is 9. The van der Waals surface area contributed by atoms with E-state index < -0.39 is 97.5 Å². The quantitative estimate of drug-likeness (QED) is 0.148. The van der Waals surface area contributed by atoms with Crippen LogP contribution in [0.15, 0.2) is 37.5 Å². The highest BCUT2D eigenvalue weighted by atomic mass is 16.6. The Bertz CT molecular complexity index is 1290. The third-order valence-electron chi connectivity index (χ3n) is 5.58. The third kappa shape index (κ3) is 15.6. The van der Waals surface area contributed by atoms with Crippen LogP contribution in [0.1, 0.15) is 40.0 Å². The summed E-state index contributed by atoms with van der Waals surface area (Å²) in [4.78, 5) is 98.7. The molecule has 3 aliphatic rings. The molecule has 18 heteroatoms. The third-order valence-corrected chi connectivity index (χ3v) is 5.58. The molecule has 0 bridgehead atoms. The highest BCUT2D eigenvalue weighted by molar-refractivity contribution is 5.89. The second kappa shape index (κ2) is 19.9. The second-order valence-electron chi connectivity index (χ2n) is 10.2. The van der Waals surface area contributed by atoms with Gasteiger partial charge in [-0.3, -0.25) is 0 Å². The van der Waals surface area contributed by atoms with Crippen LogP contribution in [0.25, 0.3) is 0 Å². The van der Waals surface area contributed by atoms with Crippen molar-refractivity contribution in [3.8, 4) is 0 Å². The average Bonchev–Trinajstić information content (AvgIpc) is 3.70. The van der Waals surface area contributed by atoms with Crippen LogP contribution < -0.4 is 0 Å². The summed E-state index contributed by atoms with van der Waals surface area (Å²) in [5.41, 5.74) is -0.451. The van der Waals surface area contributed by atoms with E-state index in [1.54, 1.807) is 13.8 Å². The van der Waals surface area contributed by atoms with Gasteiger partial charge < -0.3 is 42.6 Å². The molecular formula is C30H36O18. The van der Waals surface area contributed by atoms with Crippen molar-refractivity contribution in [2.45, 2.75) is 63.9 Å². The molecule has 0 N–H and O–H groups in total. The summed E-state index contributed by atoms with van der Waals surface area (Å²) in [7, 11) is 0. The normalized spacial score (nSPS) is 19.9. The minimum atomic E-state index is -0.931. The van der Waals surface area contributed by atoms with Crippen molar-refractivity contribution in [1.29, 1.82) is 0 Å². The molecule has 18 nitrogen and oxygen atoms in total. The highest BCUT2D eigenvalue weighted by Crippen LogP contribution is 2.27. The van der Waals surface area contributed by atoms with E-state index in [0.717, 1.165) is 12.2 Å². The molecule has 48 heavy (non-hydrogen) atoms. The molecule has 0 radical (unpaired) electrons. The van der Waals surface area contributed by atoms with Gasteiger partial charge in [0.05, 0.1) is 13.2 Å². The number of carbonyl (C=O) groups excluding carboxylic acids is 9. The standard InChI is InChI=1S/C11H14O6.C10H12O6.C9H10O6/c1-4-8(12)15-6-9(13)16-7-5-11(2,3)17-10(7)14;1-6(2)9(12)15-5-8(11)16-7-3-4-14-10(7)13;1-2-7(10)14-5-8(11)15-6-3-4-13-9(6)12/h4,7H,1,5-6H2,2-3H3;7H,1,3-5H2,2H3;2,6H,1,3-5H2. The minimum Gasteiger partial charge on any atom is -0.463 e. The lowest BCUT2D eigenvalue weighted by Crippen LogP contribution is -2.26. The van der Waals surface area contributed by atoms with E-state index in [1.165, 1.54) is 6.92 Å². The zero-order chi connectivity index (χ0) is 36.4. The fraction of sp³-hybridized carbons (Fsp3) is 0.500. The average molecular weight is 685 g/mol. The summed E-state index contributed by atoms with van der Waals surface area (Å²) < 4.78 is 41.8. The van der Waals surface area contributed by atoms with Crippen LogP contribution in [0.5, 0.6) is 0 Å². The lowest BCUT2D eigenvalue weighted by molar-refractivity contribution is -0.166. The van der Waals surface area contributed by atoms with Gasteiger partial charge in [0.15, 0.2) is 19.8 Å². The molecule has 3 rings (SSSR count). The molecule has 0 aliphatic carbocycles. The van der Waals surface area contributed by atoms with E-state index >= 15 is 0 Å². The van der Waals surface area contributed by atoms with E-state index in [0.29, 0.717) is 12.8 Å². The zero-order valence-electron chi connectivity index (χ0n) is 26.5. The van der Waals surface area contributed by atoms with Crippen molar-refractivity contribution in [2.24, 2.45) is 0 Å². The molecule has 3 unspecified atom stereocenters. The molecule has 3 aliphatic heterocycles. The number of hydrogen-bond acceptors (Lipinski definition) is 18. The maximum absolute atomic E-state index is 11.3. The summed E-state index contributed by atoms with van der Waals surface area (Å²) in [5.74, 6) is -6.20. The van der Waals surface area contributed by atoms with Gasteiger partial charge in [-0.15, -0.1) is 0 Å². The number of rotatable bonds is 12. The fourth-order valence-electron chi connectivity index (χ4n) is 3.37. The maximum atomic E-state index is 11.3. The SMILES string of the molecule is C=C(C)C(=O)OCC(=O)OC1CCOC1=O.C=CC(=O)OCC(=O)OC1CC(C)(C)OC1=O.C=CC(=O)OCC(=O)OC1CCOC1=O. The lowest BCUT2D eigenvalue weighted by atomic mass is 10.0. The van der Waals surface area contributed by atoms with Gasteiger partial charge in [0.1, 0.15) is 5.60 Å². The zero-order valence-corrected chi connectivity index (χ0v) is 26.5. The number of hydrogen-bond donors (Lipinski definition) is 0. The van der Waals surface area contributed by atoms with Gasteiger partial charge in [-0.1, -0.05) is 19.7 Å². The molecule has 0 saturated carbocycles. The Morgan fingerprint density at radius 3 is 1.42 bits per heavy atom. The van der Waals surface area contributed by atoms with Gasteiger partial charge in [-0.2, -0.15) is 0 Å². The molecular weight excluding hydrogens is 648 g/mol. The maximum Gasteiger partial charge on any atom is 0.348 e. The summed E-state index contributed by atoms with van der Waals surface area (Å²) in [6.45, 7) is 13.4. The minimum absolute atomic E-state index is 0.188. The molecule has 0 spiro atoms. The molecule has 3 atom stereocenters. The van der Waals surface area contributed by atoms with E-state index in [9.17, 15) is 43.2 Å². The number of ether oxygens (including phenoxy) is 9. The van der Waals surface area contributed by atoms with Crippen LogP contribution in [-0.2, 0) is 85.8 Å². The summed E-state index contributed by atoms with van der Waals surface area (Å²) in [5, 5.41) is 0. The molecule has 3 heterocycles. The first kappa shape index (κ1) is 40.5. The first-order valence-corrected chi connectivity index (χ1v) is 14.0. The fourth-order valence-corrected chi connectivity index (χ4v) is 3.37. The van der Waals surface area contributed by atoms with Crippen molar-refractivity contribution in [2.75, 3.05) is 33.0 Å². The van der Waals surface area contributed by atoms with Crippen molar-refractivity contribution in [3.63, 3.8) is 0 Å². The van der Waals surface area contributed by atoms with E-state index in [1.807, 2.05) is 0 Å². The van der Waals surface area contributed by atoms with Crippen LogP contribution in [0.3, 0.4) is 0 Å². The van der Waals surface area contributed by atoms with Gasteiger partial charge in [0, 0.05) is 37.0 Å². The van der Waals surface area contributed by atoms with E-state index in [-0.39, 0.29) is 25.2 Å². The van der Waals surface area contributed by atoms with Crippen molar-refractivity contribution in [1.82, 2.24) is 0 Å². The van der Waals surface area contributed by atoms with Crippen LogP contribution in [0.2, 0.25) is 0 Å². The topological polar surface area (TPSA) is 237 Å². The molecule has 0 aromatic heterocycles. The lowest BCUT2D eigenvalue weighted by Gasteiger charge is -2.14. The second-order valence-corrected chi connectivity index (χ2v) is 10.2. The predicted molar refractivity (Wildman–Crippen MR) is 154 cm³/mol. The Labute approximate surface area is 274 Å². The van der Waals surface area contributed by atoms with Crippen molar-refractivity contribution < 1.29 is 85.8 Å². The van der Waals surface area contributed by atoms with E-state index in [2.05, 4.69) is 43.4 Å². The number of cyclic esters (lactones) is 3. The summed E-state index contributed by atoms with van der Waals surface area (Å²) >= 11 is 0. The highest BCUT2D eigenvalue weighted by Gasteiger charge is 2.42. The molecule has 0 aromatic rings. The molecule has 3 fully saturated rings. The molecule has 0 aromatic carbocycles. The Balaban J connectivity index is 0.000000361. The van der Waals surface area contributed by atoms with Gasteiger partial charge >= 0.3 is 53.7 Å². The molecule has 3 saturated heterocycles. The van der Waals surface area contributed by atoms with Crippen LogP contribution in [-0.4, -0.2) is 111 Å².